The van der Waals surface area contributed by atoms with Crippen molar-refractivity contribution in [3.8, 4) is 6.07 Å². The van der Waals surface area contributed by atoms with Crippen molar-refractivity contribution in [2.75, 3.05) is 18.5 Å². The van der Waals surface area contributed by atoms with E-state index in [0.29, 0.717) is 0 Å². The summed E-state index contributed by atoms with van der Waals surface area (Å²) >= 11 is 0. The summed E-state index contributed by atoms with van der Waals surface area (Å²) in [7, 11) is 0. The van der Waals surface area contributed by atoms with Gasteiger partial charge in [0.2, 0.25) is 0 Å². The number of para-hydroxylation sites is 1. The van der Waals surface area contributed by atoms with E-state index in [1.165, 1.54) is 12.1 Å². The van der Waals surface area contributed by atoms with Crippen molar-refractivity contribution in [1.29, 1.82) is 5.26 Å². The Morgan fingerprint density at radius 3 is 2.53 bits per heavy atom. The number of hydrogen-bond acceptors (Lipinski definition) is 6. The Morgan fingerprint density at radius 1 is 1.16 bits per heavy atom. The van der Waals surface area contributed by atoms with Crippen LogP contribution in [0.2, 0.25) is 0 Å². The highest BCUT2D eigenvalue weighted by Crippen LogP contribution is 2.19. The van der Waals surface area contributed by atoms with Gasteiger partial charge in [0, 0.05) is 17.9 Å². The van der Waals surface area contributed by atoms with Gasteiger partial charge < -0.3 is 19.4 Å². The average Bonchev–Trinajstić information content (AvgIpc) is 3.04. The summed E-state index contributed by atoms with van der Waals surface area (Å²) < 4.78 is 12.1. The molecule has 1 amide bonds. The summed E-state index contributed by atoms with van der Waals surface area (Å²) in [5, 5.41) is 11.9. The number of nitriles is 1. The number of anilines is 1. The monoisotopic (exact) mass is 437 g/mol. The summed E-state index contributed by atoms with van der Waals surface area (Å²) in [5.74, 6) is -2.12. The smallest absolute Gasteiger partial charge is 0.349 e. The van der Waals surface area contributed by atoms with E-state index in [9.17, 15) is 19.6 Å². The van der Waals surface area contributed by atoms with Crippen LogP contribution in [0.25, 0.3) is 6.08 Å². The van der Waals surface area contributed by atoms with E-state index in [4.69, 9.17) is 9.47 Å². The van der Waals surface area contributed by atoms with Crippen molar-refractivity contribution in [3.05, 3.63) is 58.4 Å². The molecule has 1 N–H and O–H groups in total. The summed E-state index contributed by atoms with van der Waals surface area (Å²) in [6.07, 6.45) is 2.42. The molecule has 0 saturated heterocycles. The number of carbonyl (C=O) groups excluding carboxylic acids is 3. The molecule has 0 aliphatic carbocycles. The standard InChI is InChI=1S/C24H27N3O5/c1-5-11-27-16(3)12-18(17(27)4)13-19(14-25)23(29)32-15-22(28)26-21-10-8-7-9-20(21)24(30)31-6-2/h7-10,12-13H,5-6,11,15H2,1-4H3,(H,26,28)/b19-13+. The molecule has 32 heavy (non-hydrogen) atoms. The molecule has 0 spiro atoms. The summed E-state index contributed by atoms with van der Waals surface area (Å²) in [6.45, 7) is 8.06. The van der Waals surface area contributed by atoms with Crippen LogP contribution in [0.5, 0.6) is 0 Å². The van der Waals surface area contributed by atoms with E-state index >= 15 is 0 Å². The maximum absolute atomic E-state index is 12.4. The van der Waals surface area contributed by atoms with Crippen LogP contribution < -0.4 is 5.32 Å². The van der Waals surface area contributed by atoms with Gasteiger partial charge in [-0.3, -0.25) is 4.79 Å². The highest BCUT2D eigenvalue weighted by atomic mass is 16.5. The summed E-state index contributed by atoms with van der Waals surface area (Å²) in [6, 6.07) is 10.1. The molecule has 0 saturated carbocycles. The second-order valence-corrected chi connectivity index (χ2v) is 7.04. The van der Waals surface area contributed by atoms with Crippen molar-refractivity contribution in [1.82, 2.24) is 4.57 Å². The molecule has 2 aromatic rings. The van der Waals surface area contributed by atoms with Crippen molar-refractivity contribution in [2.45, 2.75) is 40.7 Å². The van der Waals surface area contributed by atoms with Gasteiger partial charge in [-0.25, -0.2) is 9.59 Å². The van der Waals surface area contributed by atoms with E-state index < -0.39 is 24.5 Å². The Bertz CT molecular complexity index is 1080. The van der Waals surface area contributed by atoms with Crippen LogP contribution in [0.3, 0.4) is 0 Å². The Labute approximate surface area is 187 Å². The van der Waals surface area contributed by atoms with Crippen molar-refractivity contribution in [3.63, 3.8) is 0 Å². The molecule has 8 heteroatoms. The summed E-state index contributed by atoms with van der Waals surface area (Å²) in [5.41, 5.74) is 2.94. The third-order valence-electron chi connectivity index (χ3n) is 4.73. The van der Waals surface area contributed by atoms with Crippen molar-refractivity contribution in [2.24, 2.45) is 0 Å². The summed E-state index contributed by atoms with van der Waals surface area (Å²) in [4.78, 5) is 36.6. The fourth-order valence-electron chi connectivity index (χ4n) is 3.21. The molecular formula is C24H27N3O5. The Morgan fingerprint density at radius 2 is 1.88 bits per heavy atom. The number of aromatic nitrogens is 1. The first kappa shape index (κ1) is 24.4. The first-order chi connectivity index (χ1) is 15.3. The third kappa shape index (κ3) is 6.08. The van der Waals surface area contributed by atoms with Crippen LogP contribution >= 0.6 is 0 Å². The molecular weight excluding hydrogens is 410 g/mol. The van der Waals surface area contributed by atoms with Crippen LogP contribution in [-0.2, 0) is 25.6 Å². The lowest BCUT2D eigenvalue weighted by atomic mass is 10.1. The van der Waals surface area contributed by atoms with E-state index in [1.54, 1.807) is 25.1 Å². The minimum atomic E-state index is -0.901. The minimum Gasteiger partial charge on any atom is -0.462 e. The van der Waals surface area contributed by atoms with E-state index in [-0.39, 0.29) is 23.4 Å². The molecule has 0 unspecified atom stereocenters. The molecule has 2 rings (SSSR count). The number of nitrogens with zero attached hydrogens (tertiary/aromatic N) is 2. The highest BCUT2D eigenvalue weighted by Gasteiger charge is 2.17. The third-order valence-corrected chi connectivity index (χ3v) is 4.73. The first-order valence-corrected chi connectivity index (χ1v) is 10.3. The number of carbonyl (C=O) groups is 3. The number of nitrogens with one attached hydrogen (secondary N) is 1. The Hall–Kier alpha value is -3.86. The zero-order valence-corrected chi connectivity index (χ0v) is 18.7. The SMILES string of the molecule is CCCn1c(C)cc(/C=C(\C#N)C(=O)OCC(=O)Nc2ccccc2C(=O)OCC)c1C. The zero-order chi connectivity index (χ0) is 23.7. The number of benzene rings is 1. The molecule has 0 radical (unpaired) electrons. The molecule has 0 aliphatic heterocycles. The van der Waals surface area contributed by atoms with Gasteiger partial charge in [0.1, 0.15) is 11.6 Å². The molecule has 0 atom stereocenters. The predicted molar refractivity (Wildman–Crippen MR) is 120 cm³/mol. The lowest BCUT2D eigenvalue weighted by Crippen LogP contribution is -2.22. The topological polar surface area (TPSA) is 110 Å². The molecule has 168 valence electrons. The van der Waals surface area contributed by atoms with Gasteiger partial charge in [0.15, 0.2) is 6.61 Å². The van der Waals surface area contributed by atoms with Gasteiger partial charge in [0.05, 0.1) is 17.9 Å². The van der Waals surface area contributed by atoms with Gasteiger partial charge in [-0.1, -0.05) is 19.1 Å². The number of esters is 2. The predicted octanol–water partition coefficient (Wildman–Crippen LogP) is 3.78. The Balaban J connectivity index is 2.06. The zero-order valence-electron chi connectivity index (χ0n) is 18.7. The van der Waals surface area contributed by atoms with Gasteiger partial charge in [0.25, 0.3) is 5.91 Å². The van der Waals surface area contributed by atoms with Crippen LogP contribution in [-0.4, -0.2) is 35.6 Å². The first-order valence-electron chi connectivity index (χ1n) is 10.3. The molecule has 8 nitrogen and oxygen atoms in total. The maximum atomic E-state index is 12.4. The maximum Gasteiger partial charge on any atom is 0.349 e. The number of hydrogen-bond donors (Lipinski definition) is 1. The van der Waals surface area contributed by atoms with Crippen LogP contribution in [0, 0.1) is 25.2 Å². The second kappa shape index (κ2) is 11.5. The quantitative estimate of drug-likeness (QED) is 0.363. The van der Waals surface area contributed by atoms with E-state index in [0.717, 1.165) is 29.9 Å². The lowest BCUT2D eigenvalue weighted by molar-refractivity contribution is -0.142. The van der Waals surface area contributed by atoms with Gasteiger partial charge in [-0.05, 0) is 57.0 Å². The van der Waals surface area contributed by atoms with Crippen LogP contribution in [0.1, 0.15) is 47.6 Å². The van der Waals surface area contributed by atoms with E-state index in [2.05, 4.69) is 16.8 Å². The van der Waals surface area contributed by atoms with Crippen molar-refractivity contribution < 1.29 is 23.9 Å². The minimum absolute atomic E-state index is 0.189. The fourth-order valence-corrected chi connectivity index (χ4v) is 3.21. The average molecular weight is 437 g/mol. The molecule has 1 heterocycles. The number of ether oxygens (including phenoxy) is 2. The molecule has 0 fully saturated rings. The largest absolute Gasteiger partial charge is 0.462 e. The number of rotatable bonds is 9. The number of aryl methyl sites for hydroxylation is 1. The molecule has 0 aliphatic rings. The van der Waals surface area contributed by atoms with Gasteiger partial charge >= 0.3 is 11.9 Å². The molecule has 1 aromatic heterocycles. The number of amides is 1. The fraction of sp³-hybridized carbons (Fsp3) is 0.333. The van der Waals surface area contributed by atoms with Gasteiger partial charge in [-0.2, -0.15) is 5.26 Å². The van der Waals surface area contributed by atoms with Crippen LogP contribution in [0.4, 0.5) is 5.69 Å². The van der Waals surface area contributed by atoms with E-state index in [1.807, 2.05) is 26.0 Å². The van der Waals surface area contributed by atoms with Crippen LogP contribution in [0.15, 0.2) is 35.9 Å². The second-order valence-electron chi connectivity index (χ2n) is 7.04. The molecule has 0 bridgehead atoms. The lowest BCUT2D eigenvalue weighted by Gasteiger charge is -2.10. The molecule has 1 aromatic carbocycles. The highest BCUT2D eigenvalue weighted by molar-refractivity contribution is 6.03. The normalized spacial score (nSPS) is 10.9. The van der Waals surface area contributed by atoms with Gasteiger partial charge in [-0.15, -0.1) is 0 Å². The Kier molecular flexibility index (Phi) is 8.78. The van der Waals surface area contributed by atoms with Crippen molar-refractivity contribution >= 4 is 29.6 Å².